The van der Waals surface area contributed by atoms with E-state index in [4.69, 9.17) is 4.74 Å². The number of H-pyrrole nitrogens is 1. The monoisotopic (exact) mass is 576 g/mol. The number of carbonyl (C=O) groups is 1. The molecule has 1 fully saturated rings. The number of hydrogen-bond acceptors (Lipinski definition) is 4. The predicted octanol–water partition coefficient (Wildman–Crippen LogP) is 6.46. The lowest BCUT2D eigenvalue weighted by atomic mass is 9.93. The summed E-state index contributed by atoms with van der Waals surface area (Å²) < 4.78 is 32.1. The zero-order valence-corrected chi connectivity index (χ0v) is 23.6. The standard InChI is InChI=1S/C31H38F2N2O4.ClH/c32-26-13-10-22(21-27(26)33)16-19-39-20-17-30(38)35(24-8-4-1-5-9-24)18-6-2-3-7-23-11-14-28(36)31-25(23)12-15-29(37)34-31;/h10-15,21,24,36H,1-9,16-20H2,(H,34,37);1H. The lowest BCUT2D eigenvalue weighted by molar-refractivity contribution is -0.135. The van der Waals surface area contributed by atoms with E-state index in [-0.39, 0.29) is 35.7 Å². The van der Waals surface area contributed by atoms with E-state index < -0.39 is 11.6 Å². The first-order valence-corrected chi connectivity index (χ1v) is 14.1. The van der Waals surface area contributed by atoms with E-state index >= 15 is 0 Å². The molecule has 0 unspecified atom stereocenters. The molecule has 1 amide bonds. The van der Waals surface area contributed by atoms with Crippen LogP contribution < -0.4 is 5.56 Å². The third kappa shape index (κ3) is 8.77. The Morgan fingerprint density at radius 2 is 1.75 bits per heavy atom. The van der Waals surface area contributed by atoms with Gasteiger partial charge in [-0.3, -0.25) is 9.59 Å². The van der Waals surface area contributed by atoms with E-state index in [0.29, 0.717) is 37.1 Å². The minimum Gasteiger partial charge on any atom is -0.506 e. The van der Waals surface area contributed by atoms with Crippen LogP contribution in [-0.4, -0.2) is 46.7 Å². The first-order chi connectivity index (χ1) is 18.9. The highest BCUT2D eigenvalue weighted by molar-refractivity contribution is 5.87. The summed E-state index contributed by atoms with van der Waals surface area (Å²) in [5, 5.41) is 10.9. The summed E-state index contributed by atoms with van der Waals surface area (Å²) in [6.07, 6.45) is 10.0. The highest BCUT2D eigenvalue weighted by Crippen LogP contribution is 2.27. The summed E-state index contributed by atoms with van der Waals surface area (Å²) in [7, 11) is 0. The number of aromatic nitrogens is 1. The minimum absolute atomic E-state index is 0. The molecule has 2 N–H and O–H groups in total. The van der Waals surface area contributed by atoms with E-state index in [1.165, 1.54) is 18.6 Å². The number of hydrogen-bond donors (Lipinski definition) is 2. The molecule has 3 aromatic rings. The summed E-state index contributed by atoms with van der Waals surface area (Å²) in [5.41, 5.74) is 1.98. The number of aryl methyl sites for hydroxylation is 1. The van der Waals surface area contributed by atoms with Crippen LogP contribution in [0.4, 0.5) is 8.78 Å². The van der Waals surface area contributed by atoms with Gasteiger partial charge < -0.3 is 19.7 Å². The molecule has 1 aliphatic carbocycles. The predicted molar refractivity (Wildman–Crippen MR) is 155 cm³/mol. The minimum atomic E-state index is -0.862. The Labute approximate surface area is 240 Å². The number of nitrogens with zero attached hydrogens (tertiary/aromatic N) is 1. The van der Waals surface area contributed by atoms with Crippen molar-refractivity contribution in [2.24, 2.45) is 0 Å². The van der Waals surface area contributed by atoms with Gasteiger partial charge in [0.2, 0.25) is 11.5 Å². The van der Waals surface area contributed by atoms with Crippen molar-refractivity contribution in [2.75, 3.05) is 19.8 Å². The van der Waals surface area contributed by atoms with Gasteiger partial charge >= 0.3 is 0 Å². The number of phenolic OH excluding ortho intramolecular Hbond substituents is 1. The summed E-state index contributed by atoms with van der Waals surface area (Å²) in [4.78, 5) is 29.6. The smallest absolute Gasteiger partial charge is 0.248 e. The van der Waals surface area contributed by atoms with Crippen molar-refractivity contribution in [3.63, 3.8) is 0 Å². The molecule has 0 radical (unpaired) electrons. The van der Waals surface area contributed by atoms with Gasteiger partial charge in [-0.2, -0.15) is 0 Å². The van der Waals surface area contributed by atoms with Crippen molar-refractivity contribution >= 4 is 29.2 Å². The van der Waals surface area contributed by atoms with Crippen LogP contribution in [0.1, 0.15) is 68.9 Å². The Balaban J connectivity index is 0.00000441. The van der Waals surface area contributed by atoms with Gasteiger partial charge in [0.25, 0.3) is 0 Å². The molecule has 9 heteroatoms. The number of phenols is 1. The number of halogens is 3. The molecule has 0 saturated heterocycles. The van der Waals surface area contributed by atoms with Crippen LogP contribution in [0.5, 0.6) is 5.75 Å². The maximum absolute atomic E-state index is 13.4. The van der Waals surface area contributed by atoms with Gasteiger partial charge in [0, 0.05) is 24.0 Å². The fourth-order valence-electron chi connectivity index (χ4n) is 5.48. The van der Waals surface area contributed by atoms with Crippen molar-refractivity contribution < 1.29 is 23.4 Å². The first-order valence-electron chi connectivity index (χ1n) is 14.1. The first kappa shape index (κ1) is 31.6. The number of carbonyl (C=O) groups excluding carboxylic acids is 1. The number of aromatic hydroxyl groups is 1. The molecule has 4 rings (SSSR count). The van der Waals surface area contributed by atoms with Gasteiger partial charge in [0.15, 0.2) is 11.6 Å². The lowest BCUT2D eigenvalue weighted by Gasteiger charge is -2.34. The summed E-state index contributed by atoms with van der Waals surface area (Å²) >= 11 is 0. The number of ether oxygens (including phenoxy) is 1. The number of pyridine rings is 1. The van der Waals surface area contributed by atoms with Crippen LogP contribution in [0.2, 0.25) is 0 Å². The summed E-state index contributed by atoms with van der Waals surface area (Å²) in [6, 6.07) is 10.9. The van der Waals surface area contributed by atoms with Gasteiger partial charge in [-0.25, -0.2) is 8.78 Å². The fraction of sp³-hybridized carbons (Fsp3) is 0.484. The van der Waals surface area contributed by atoms with Gasteiger partial charge in [0.1, 0.15) is 5.75 Å². The topological polar surface area (TPSA) is 82.6 Å². The molecule has 1 aromatic heterocycles. The molecule has 0 atom stereocenters. The number of rotatable bonds is 13. The summed E-state index contributed by atoms with van der Waals surface area (Å²) in [5.74, 6) is -1.54. The maximum Gasteiger partial charge on any atom is 0.248 e. The van der Waals surface area contributed by atoms with Crippen LogP contribution in [0, 0.1) is 11.6 Å². The van der Waals surface area contributed by atoms with Crippen molar-refractivity contribution in [2.45, 2.75) is 76.7 Å². The van der Waals surface area contributed by atoms with Crippen molar-refractivity contribution in [3.8, 4) is 5.75 Å². The lowest BCUT2D eigenvalue weighted by Crippen LogP contribution is -2.42. The van der Waals surface area contributed by atoms with Crippen LogP contribution in [0.15, 0.2) is 47.3 Å². The Kier molecular flexibility index (Phi) is 12.4. The van der Waals surface area contributed by atoms with Gasteiger partial charge in [-0.15, -0.1) is 12.4 Å². The van der Waals surface area contributed by atoms with E-state index in [9.17, 15) is 23.5 Å². The largest absolute Gasteiger partial charge is 0.506 e. The van der Waals surface area contributed by atoms with Crippen LogP contribution >= 0.6 is 12.4 Å². The number of amides is 1. The van der Waals surface area contributed by atoms with Gasteiger partial charge in [-0.05, 0) is 73.9 Å². The van der Waals surface area contributed by atoms with Crippen LogP contribution in [-0.2, 0) is 22.4 Å². The molecular formula is C31H39ClF2N2O4. The van der Waals surface area contributed by atoms with E-state index in [0.717, 1.165) is 74.9 Å². The molecule has 6 nitrogen and oxygen atoms in total. The highest BCUT2D eigenvalue weighted by Gasteiger charge is 2.24. The molecule has 40 heavy (non-hydrogen) atoms. The van der Waals surface area contributed by atoms with Crippen LogP contribution in [0.25, 0.3) is 10.9 Å². The van der Waals surface area contributed by atoms with Gasteiger partial charge in [-0.1, -0.05) is 37.8 Å². The molecule has 0 aliphatic heterocycles. The van der Waals surface area contributed by atoms with Crippen molar-refractivity contribution in [1.29, 1.82) is 0 Å². The fourth-order valence-corrected chi connectivity index (χ4v) is 5.48. The Bertz CT molecular complexity index is 1310. The quantitative estimate of drug-likeness (QED) is 0.229. The molecule has 0 bridgehead atoms. The number of aromatic amines is 1. The molecule has 1 saturated carbocycles. The molecule has 1 heterocycles. The Hall–Kier alpha value is -2.97. The average Bonchev–Trinajstić information content (AvgIpc) is 2.94. The van der Waals surface area contributed by atoms with Crippen LogP contribution in [0.3, 0.4) is 0 Å². The maximum atomic E-state index is 13.4. The third-order valence-electron chi connectivity index (χ3n) is 7.62. The zero-order valence-electron chi connectivity index (χ0n) is 22.8. The molecular weight excluding hydrogens is 538 g/mol. The van der Waals surface area contributed by atoms with E-state index in [2.05, 4.69) is 9.88 Å². The highest BCUT2D eigenvalue weighted by atomic mass is 35.5. The number of fused-ring (bicyclic) bond motifs is 1. The number of benzene rings is 2. The molecule has 2 aromatic carbocycles. The second-order valence-corrected chi connectivity index (χ2v) is 10.4. The van der Waals surface area contributed by atoms with E-state index in [1.807, 2.05) is 6.07 Å². The molecule has 218 valence electrons. The molecule has 0 spiro atoms. The van der Waals surface area contributed by atoms with E-state index in [1.54, 1.807) is 18.2 Å². The number of unbranched alkanes of at least 4 members (excludes halogenated alkanes) is 2. The Morgan fingerprint density at radius 1 is 0.950 bits per heavy atom. The second-order valence-electron chi connectivity index (χ2n) is 10.4. The normalized spacial score (nSPS) is 13.8. The van der Waals surface area contributed by atoms with Gasteiger partial charge in [0.05, 0.1) is 25.2 Å². The third-order valence-corrected chi connectivity index (χ3v) is 7.62. The summed E-state index contributed by atoms with van der Waals surface area (Å²) in [6.45, 7) is 1.38. The SMILES string of the molecule is Cl.O=C(CCOCCc1ccc(F)c(F)c1)N(CCCCCc1ccc(O)c2[nH]c(=O)ccc12)C1CCCCC1. The Morgan fingerprint density at radius 3 is 2.52 bits per heavy atom. The number of nitrogens with one attached hydrogen (secondary N) is 1. The molecule has 1 aliphatic rings. The zero-order chi connectivity index (χ0) is 27.6. The second kappa shape index (κ2) is 15.7. The van der Waals surface area contributed by atoms with Crippen molar-refractivity contribution in [3.05, 3.63) is 75.6 Å². The average molecular weight is 577 g/mol. The van der Waals surface area contributed by atoms with Crippen molar-refractivity contribution in [1.82, 2.24) is 9.88 Å².